The maximum Gasteiger partial charge on any atom is 0.416 e. The topological polar surface area (TPSA) is 49.4 Å². The number of rotatable bonds is 4. The van der Waals surface area contributed by atoms with Crippen LogP contribution in [0.4, 0.5) is 13.2 Å². The zero-order valence-electron chi connectivity index (χ0n) is 15.0. The van der Waals surface area contributed by atoms with Crippen LogP contribution in [0.5, 0.6) is 0 Å². The van der Waals surface area contributed by atoms with Crippen molar-refractivity contribution in [3.63, 3.8) is 0 Å². The fourth-order valence-corrected chi connectivity index (χ4v) is 3.07. The van der Waals surface area contributed by atoms with Gasteiger partial charge in [0.05, 0.1) is 5.56 Å². The van der Waals surface area contributed by atoms with Gasteiger partial charge in [-0.2, -0.15) is 13.2 Å². The molecule has 0 bridgehead atoms. The average molecular weight is 416 g/mol. The number of alkyl halides is 3. The number of carbonyl (C=O) groups excluding carboxylic acids is 2. The van der Waals surface area contributed by atoms with Crippen LogP contribution in [0.15, 0.2) is 66.8 Å². The Morgan fingerprint density at radius 2 is 1.76 bits per heavy atom. The number of carbonyl (C=O) groups is 2. The Kier molecular flexibility index (Phi) is 5.65. The van der Waals surface area contributed by atoms with Crippen LogP contribution in [0.3, 0.4) is 0 Å². The van der Waals surface area contributed by atoms with Crippen molar-refractivity contribution in [2.75, 3.05) is 6.54 Å². The van der Waals surface area contributed by atoms with Gasteiger partial charge in [0.15, 0.2) is 5.11 Å². The van der Waals surface area contributed by atoms with Crippen LogP contribution in [0.1, 0.15) is 11.1 Å². The van der Waals surface area contributed by atoms with Crippen molar-refractivity contribution in [2.45, 2.75) is 6.18 Å². The van der Waals surface area contributed by atoms with Crippen molar-refractivity contribution < 1.29 is 22.8 Å². The summed E-state index contributed by atoms with van der Waals surface area (Å²) in [5.74, 6) is -1.15. The molecule has 0 atom stereocenters. The van der Waals surface area contributed by atoms with E-state index >= 15 is 0 Å². The van der Waals surface area contributed by atoms with Gasteiger partial charge < -0.3 is 0 Å². The summed E-state index contributed by atoms with van der Waals surface area (Å²) in [6.07, 6.45) is -1.50. The SMILES string of the molecule is C=CCN1C(=O)C(=Cc2cccc(-c3ccc(C(F)(F)F)cc3)c2)C(=O)NC1=S. The zero-order valence-corrected chi connectivity index (χ0v) is 15.8. The molecule has 3 rings (SSSR count). The Labute approximate surface area is 170 Å². The number of nitrogens with zero attached hydrogens (tertiary/aromatic N) is 1. The predicted molar refractivity (Wildman–Crippen MR) is 108 cm³/mol. The molecule has 0 spiro atoms. The second-order valence-electron chi connectivity index (χ2n) is 6.22. The summed E-state index contributed by atoms with van der Waals surface area (Å²) in [6, 6.07) is 11.5. The molecule has 2 amide bonds. The van der Waals surface area contributed by atoms with E-state index in [0.717, 1.165) is 12.1 Å². The Balaban J connectivity index is 1.93. The highest BCUT2D eigenvalue weighted by molar-refractivity contribution is 7.80. The summed E-state index contributed by atoms with van der Waals surface area (Å²) in [5, 5.41) is 2.47. The minimum atomic E-state index is -4.41. The van der Waals surface area contributed by atoms with Crippen LogP contribution in [0.2, 0.25) is 0 Å². The summed E-state index contributed by atoms with van der Waals surface area (Å²) in [4.78, 5) is 26.0. The third-order valence-corrected chi connectivity index (χ3v) is 4.56. The van der Waals surface area contributed by atoms with E-state index in [-0.39, 0.29) is 17.2 Å². The Morgan fingerprint density at radius 3 is 2.38 bits per heavy atom. The van der Waals surface area contributed by atoms with E-state index in [9.17, 15) is 22.8 Å². The molecular formula is C21H15F3N2O2S. The molecule has 148 valence electrons. The summed E-state index contributed by atoms with van der Waals surface area (Å²) in [7, 11) is 0. The molecule has 1 heterocycles. The fourth-order valence-electron chi connectivity index (χ4n) is 2.82. The smallest absolute Gasteiger partial charge is 0.298 e. The first-order valence-corrected chi connectivity index (χ1v) is 8.89. The van der Waals surface area contributed by atoms with Gasteiger partial charge in [0, 0.05) is 6.54 Å². The predicted octanol–water partition coefficient (Wildman–Crippen LogP) is 4.19. The largest absolute Gasteiger partial charge is 0.416 e. The Morgan fingerprint density at radius 1 is 1.07 bits per heavy atom. The molecule has 0 aliphatic carbocycles. The Bertz CT molecular complexity index is 1030. The van der Waals surface area contributed by atoms with Crippen molar-refractivity contribution in [1.82, 2.24) is 10.2 Å². The molecule has 1 aliphatic heterocycles. The van der Waals surface area contributed by atoms with E-state index < -0.39 is 23.6 Å². The van der Waals surface area contributed by atoms with Crippen LogP contribution in [0, 0.1) is 0 Å². The number of halogens is 3. The molecule has 1 saturated heterocycles. The number of nitrogens with one attached hydrogen (secondary N) is 1. The first-order chi connectivity index (χ1) is 13.7. The minimum absolute atomic E-state index is 0.00977. The van der Waals surface area contributed by atoms with Crippen molar-refractivity contribution in [3.8, 4) is 11.1 Å². The quantitative estimate of drug-likeness (QED) is 0.352. The molecule has 0 aromatic heterocycles. The fraction of sp³-hybridized carbons (Fsp3) is 0.0952. The highest BCUT2D eigenvalue weighted by Gasteiger charge is 2.32. The summed E-state index contributed by atoms with van der Waals surface area (Å²) < 4.78 is 38.2. The second-order valence-corrected chi connectivity index (χ2v) is 6.61. The number of hydrogen-bond donors (Lipinski definition) is 1. The second kappa shape index (κ2) is 8.00. The maximum atomic E-state index is 12.7. The van der Waals surface area contributed by atoms with Crippen LogP contribution in [0.25, 0.3) is 17.2 Å². The molecule has 1 N–H and O–H groups in total. The van der Waals surface area contributed by atoms with Crippen molar-refractivity contribution >= 4 is 35.2 Å². The molecule has 8 heteroatoms. The van der Waals surface area contributed by atoms with E-state index in [1.165, 1.54) is 29.2 Å². The van der Waals surface area contributed by atoms with Crippen LogP contribution in [-0.2, 0) is 15.8 Å². The van der Waals surface area contributed by atoms with E-state index in [1.54, 1.807) is 24.3 Å². The number of benzene rings is 2. The first kappa shape index (κ1) is 20.5. The molecule has 0 radical (unpaired) electrons. The minimum Gasteiger partial charge on any atom is -0.298 e. The lowest BCUT2D eigenvalue weighted by Crippen LogP contribution is -2.53. The van der Waals surface area contributed by atoms with E-state index in [4.69, 9.17) is 12.2 Å². The van der Waals surface area contributed by atoms with Crippen molar-refractivity contribution in [2.24, 2.45) is 0 Å². The highest BCUT2D eigenvalue weighted by Crippen LogP contribution is 2.31. The van der Waals surface area contributed by atoms with Gasteiger partial charge in [-0.1, -0.05) is 36.4 Å². The molecular weight excluding hydrogens is 401 g/mol. The molecule has 2 aromatic carbocycles. The van der Waals surface area contributed by atoms with Gasteiger partial charge in [-0.25, -0.2) is 0 Å². The molecule has 0 saturated carbocycles. The van der Waals surface area contributed by atoms with Crippen LogP contribution < -0.4 is 5.32 Å². The van der Waals surface area contributed by atoms with Gasteiger partial charge in [0.25, 0.3) is 11.8 Å². The van der Waals surface area contributed by atoms with E-state index in [0.29, 0.717) is 16.7 Å². The van der Waals surface area contributed by atoms with Crippen LogP contribution in [-0.4, -0.2) is 28.4 Å². The van der Waals surface area contributed by atoms with E-state index in [1.807, 2.05) is 0 Å². The monoisotopic (exact) mass is 416 g/mol. The normalized spacial score (nSPS) is 16.2. The first-order valence-electron chi connectivity index (χ1n) is 8.48. The average Bonchev–Trinajstić information content (AvgIpc) is 2.68. The lowest BCUT2D eigenvalue weighted by molar-refractivity contribution is -0.137. The molecule has 2 aromatic rings. The van der Waals surface area contributed by atoms with Gasteiger partial charge in [0.1, 0.15) is 5.57 Å². The van der Waals surface area contributed by atoms with Crippen molar-refractivity contribution in [1.29, 1.82) is 0 Å². The van der Waals surface area contributed by atoms with E-state index in [2.05, 4.69) is 11.9 Å². The lowest BCUT2D eigenvalue weighted by atomic mass is 10.00. The third-order valence-electron chi connectivity index (χ3n) is 4.24. The van der Waals surface area contributed by atoms with Gasteiger partial charge in [-0.3, -0.25) is 19.8 Å². The molecule has 1 fully saturated rings. The Hall–Kier alpha value is -3.26. The van der Waals surface area contributed by atoms with Crippen LogP contribution >= 0.6 is 12.2 Å². The summed E-state index contributed by atoms with van der Waals surface area (Å²) in [5.41, 5.74) is 0.946. The lowest BCUT2D eigenvalue weighted by Gasteiger charge is -2.27. The molecule has 1 aliphatic rings. The van der Waals surface area contributed by atoms with Gasteiger partial charge in [-0.05, 0) is 53.2 Å². The highest BCUT2D eigenvalue weighted by atomic mass is 32.1. The van der Waals surface area contributed by atoms with Gasteiger partial charge in [0.2, 0.25) is 0 Å². The molecule has 29 heavy (non-hydrogen) atoms. The third kappa shape index (κ3) is 4.43. The zero-order chi connectivity index (χ0) is 21.2. The van der Waals surface area contributed by atoms with Crippen molar-refractivity contribution in [3.05, 3.63) is 77.9 Å². The summed E-state index contributed by atoms with van der Waals surface area (Å²) in [6.45, 7) is 3.72. The number of hydrogen-bond acceptors (Lipinski definition) is 3. The number of amides is 2. The molecule has 0 unspecified atom stereocenters. The molecule has 4 nitrogen and oxygen atoms in total. The van der Waals surface area contributed by atoms with Gasteiger partial charge >= 0.3 is 6.18 Å². The summed E-state index contributed by atoms with van der Waals surface area (Å²) >= 11 is 5.00. The standard InChI is InChI=1S/C21H15F3N2O2S/c1-2-10-26-19(28)17(18(27)25-20(26)29)12-13-4-3-5-15(11-13)14-6-8-16(9-7-14)21(22,23)24/h2-9,11-12H,1,10H2,(H,25,27,29). The number of thiocarbonyl (C=S) groups is 1. The van der Waals surface area contributed by atoms with Gasteiger partial charge in [-0.15, -0.1) is 6.58 Å². The maximum absolute atomic E-state index is 12.7.